The standard InChI is InChI=1S/C15H12BrCl2NO2/c1-2-21-14-6-4-10(8-13(14)18)19-15(20)9-3-5-12(17)11(16)7-9/h3-8H,2H2,1H3,(H,19,20). The van der Waals surface area contributed by atoms with Crippen molar-refractivity contribution in [1.29, 1.82) is 0 Å². The summed E-state index contributed by atoms with van der Waals surface area (Å²) in [5.74, 6) is 0.346. The molecule has 0 saturated heterocycles. The van der Waals surface area contributed by atoms with E-state index in [2.05, 4.69) is 21.2 Å². The number of amides is 1. The molecule has 6 heteroatoms. The Morgan fingerprint density at radius 1 is 1.19 bits per heavy atom. The lowest BCUT2D eigenvalue weighted by atomic mass is 10.2. The Bertz CT molecular complexity index is 677. The second-order valence-corrected chi connectivity index (χ2v) is 5.83. The van der Waals surface area contributed by atoms with Gasteiger partial charge >= 0.3 is 0 Å². The topological polar surface area (TPSA) is 38.3 Å². The molecular formula is C15H12BrCl2NO2. The summed E-state index contributed by atoms with van der Waals surface area (Å²) >= 11 is 15.3. The number of hydrogen-bond donors (Lipinski definition) is 1. The maximum absolute atomic E-state index is 12.2. The molecule has 0 heterocycles. The van der Waals surface area contributed by atoms with Gasteiger partial charge in [-0.1, -0.05) is 23.2 Å². The first-order chi connectivity index (χ1) is 10.0. The monoisotopic (exact) mass is 387 g/mol. The van der Waals surface area contributed by atoms with Gasteiger partial charge in [-0.15, -0.1) is 0 Å². The Balaban J connectivity index is 2.15. The molecule has 0 unspecified atom stereocenters. The van der Waals surface area contributed by atoms with Crippen LogP contribution in [0.2, 0.25) is 10.0 Å². The normalized spacial score (nSPS) is 10.3. The summed E-state index contributed by atoms with van der Waals surface area (Å²) in [6.45, 7) is 2.41. The highest BCUT2D eigenvalue weighted by molar-refractivity contribution is 9.10. The van der Waals surface area contributed by atoms with Crippen molar-refractivity contribution in [3.05, 3.63) is 56.5 Å². The van der Waals surface area contributed by atoms with E-state index in [1.165, 1.54) is 0 Å². The van der Waals surface area contributed by atoms with Crippen LogP contribution in [0.5, 0.6) is 5.75 Å². The first-order valence-electron chi connectivity index (χ1n) is 6.20. The van der Waals surface area contributed by atoms with Gasteiger partial charge in [0.2, 0.25) is 0 Å². The molecule has 0 saturated carbocycles. The summed E-state index contributed by atoms with van der Waals surface area (Å²) in [6, 6.07) is 10.1. The third kappa shape index (κ3) is 4.13. The van der Waals surface area contributed by atoms with Gasteiger partial charge in [0.1, 0.15) is 5.75 Å². The zero-order chi connectivity index (χ0) is 15.4. The summed E-state index contributed by atoms with van der Waals surface area (Å²) in [4.78, 5) is 12.2. The van der Waals surface area contributed by atoms with Crippen LogP contribution in [-0.2, 0) is 0 Å². The molecule has 2 aromatic carbocycles. The average Bonchev–Trinajstić information content (AvgIpc) is 2.45. The van der Waals surface area contributed by atoms with Crippen LogP contribution in [-0.4, -0.2) is 12.5 Å². The fraction of sp³-hybridized carbons (Fsp3) is 0.133. The molecule has 0 aromatic heterocycles. The van der Waals surface area contributed by atoms with Gasteiger partial charge in [0, 0.05) is 15.7 Å². The molecule has 0 aliphatic rings. The van der Waals surface area contributed by atoms with E-state index >= 15 is 0 Å². The summed E-state index contributed by atoms with van der Waals surface area (Å²) in [7, 11) is 0. The smallest absolute Gasteiger partial charge is 0.255 e. The lowest BCUT2D eigenvalue weighted by Crippen LogP contribution is -2.11. The van der Waals surface area contributed by atoms with Crippen molar-refractivity contribution in [3.8, 4) is 5.75 Å². The second-order valence-electron chi connectivity index (χ2n) is 4.16. The van der Waals surface area contributed by atoms with E-state index in [-0.39, 0.29) is 5.91 Å². The molecule has 1 amide bonds. The van der Waals surface area contributed by atoms with E-state index in [4.69, 9.17) is 27.9 Å². The predicted octanol–water partition coefficient (Wildman–Crippen LogP) is 5.41. The minimum Gasteiger partial charge on any atom is -0.492 e. The van der Waals surface area contributed by atoms with Crippen LogP contribution in [0.15, 0.2) is 40.9 Å². The molecule has 0 atom stereocenters. The molecule has 2 rings (SSSR count). The third-order valence-corrected chi connectivity index (χ3v) is 4.18. The van der Waals surface area contributed by atoms with Crippen LogP contribution in [0.3, 0.4) is 0 Å². The van der Waals surface area contributed by atoms with Crippen molar-refractivity contribution < 1.29 is 9.53 Å². The highest BCUT2D eigenvalue weighted by atomic mass is 79.9. The first-order valence-corrected chi connectivity index (χ1v) is 7.75. The number of benzene rings is 2. The van der Waals surface area contributed by atoms with E-state index in [0.29, 0.717) is 38.1 Å². The zero-order valence-corrected chi connectivity index (χ0v) is 14.2. The molecule has 0 fully saturated rings. The van der Waals surface area contributed by atoms with Gasteiger partial charge in [-0.05, 0) is 59.3 Å². The van der Waals surface area contributed by atoms with E-state index in [1.54, 1.807) is 36.4 Å². The molecule has 21 heavy (non-hydrogen) atoms. The molecular weight excluding hydrogens is 377 g/mol. The fourth-order valence-electron chi connectivity index (χ4n) is 1.69. The lowest BCUT2D eigenvalue weighted by Gasteiger charge is -2.09. The van der Waals surface area contributed by atoms with Crippen LogP contribution < -0.4 is 10.1 Å². The molecule has 110 valence electrons. The Labute approximate surface area is 141 Å². The molecule has 1 N–H and O–H groups in total. The molecule has 0 spiro atoms. The third-order valence-electron chi connectivity index (χ3n) is 2.67. The number of hydrogen-bond acceptors (Lipinski definition) is 2. The number of halogens is 3. The van der Waals surface area contributed by atoms with Gasteiger partial charge in [-0.3, -0.25) is 4.79 Å². The Morgan fingerprint density at radius 3 is 2.57 bits per heavy atom. The second kappa shape index (κ2) is 7.16. The number of carbonyl (C=O) groups excluding carboxylic acids is 1. The number of anilines is 1. The zero-order valence-electron chi connectivity index (χ0n) is 11.1. The number of rotatable bonds is 4. The van der Waals surface area contributed by atoms with Crippen LogP contribution in [0.4, 0.5) is 5.69 Å². The van der Waals surface area contributed by atoms with Gasteiger partial charge in [0.25, 0.3) is 5.91 Å². The van der Waals surface area contributed by atoms with Crippen LogP contribution in [0.1, 0.15) is 17.3 Å². The van der Waals surface area contributed by atoms with Gasteiger partial charge in [0.15, 0.2) is 0 Å². The Morgan fingerprint density at radius 2 is 1.95 bits per heavy atom. The van der Waals surface area contributed by atoms with Crippen LogP contribution in [0.25, 0.3) is 0 Å². The largest absolute Gasteiger partial charge is 0.492 e. The van der Waals surface area contributed by atoms with Crippen molar-refractivity contribution in [2.75, 3.05) is 11.9 Å². The lowest BCUT2D eigenvalue weighted by molar-refractivity contribution is 0.102. The van der Waals surface area contributed by atoms with E-state index in [9.17, 15) is 4.79 Å². The maximum atomic E-state index is 12.2. The fourth-order valence-corrected chi connectivity index (χ4v) is 2.42. The summed E-state index contributed by atoms with van der Waals surface area (Å²) in [5, 5.41) is 3.77. The summed E-state index contributed by atoms with van der Waals surface area (Å²) in [5.41, 5.74) is 1.09. The quantitative estimate of drug-likeness (QED) is 0.760. The first kappa shape index (κ1) is 16.1. The number of carbonyl (C=O) groups is 1. The summed E-state index contributed by atoms with van der Waals surface area (Å²) < 4.78 is 6.01. The molecule has 0 bridgehead atoms. The molecule has 0 radical (unpaired) electrons. The van der Waals surface area contributed by atoms with Gasteiger partial charge in [-0.25, -0.2) is 0 Å². The minimum atomic E-state index is -0.243. The van der Waals surface area contributed by atoms with E-state index in [1.807, 2.05) is 6.92 Å². The molecule has 2 aromatic rings. The molecule has 0 aliphatic carbocycles. The van der Waals surface area contributed by atoms with Crippen molar-refractivity contribution >= 4 is 50.7 Å². The molecule has 3 nitrogen and oxygen atoms in total. The number of ether oxygens (including phenoxy) is 1. The predicted molar refractivity (Wildman–Crippen MR) is 89.7 cm³/mol. The van der Waals surface area contributed by atoms with Crippen LogP contribution >= 0.6 is 39.1 Å². The average molecular weight is 389 g/mol. The van der Waals surface area contributed by atoms with Gasteiger partial charge < -0.3 is 10.1 Å². The van der Waals surface area contributed by atoms with Crippen molar-refractivity contribution in [3.63, 3.8) is 0 Å². The van der Waals surface area contributed by atoms with E-state index in [0.717, 1.165) is 0 Å². The van der Waals surface area contributed by atoms with Crippen molar-refractivity contribution in [1.82, 2.24) is 0 Å². The highest BCUT2D eigenvalue weighted by Crippen LogP contribution is 2.28. The number of nitrogens with one attached hydrogen (secondary N) is 1. The Hall–Kier alpha value is -1.23. The Kier molecular flexibility index (Phi) is 5.51. The van der Waals surface area contributed by atoms with Gasteiger partial charge in [0.05, 0.1) is 16.7 Å². The minimum absolute atomic E-state index is 0.243. The highest BCUT2D eigenvalue weighted by Gasteiger charge is 2.10. The maximum Gasteiger partial charge on any atom is 0.255 e. The van der Waals surface area contributed by atoms with Gasteiger partial charge in [-0.2, -0.15) is 0 Å². The SMILES string of the molecule is CCOc1ccc(NC(=O)c2ccc(Cl)c(Br)c2)cc1Cl. The van der Waals surface area contributed by atoms with E-state index < -0.39 is 0 Å². The summed E-state index contributed by atoms with van der Waals surface area (Å²) in [6.07, 6.45) is 0. The van der Waals surface area contributed by atoms with Crippen LogP contribution in [0, 0.1) is 0 Å². The van der Waals surface area contributed by atoms with Crippen molar-refractivity contribution in [2.45, 2.75) is 6.92 Å². The molecule has 0 aliphatic heterocycles. The van der Waals surface area contributed by atoms with Crippen molar-refractivity contribution in [2.24, 2.45) is 0 Å².